The van der Waals surface area contributed by atoms with E-state index in [4.69, 9.17) is 23.2 Å². The molecule has 5 nitrogen and oxygen atoms in total. The number of halogens is 5. The van der Waals surface area contributed by atoms with Crippen LogP contribution in [0, 0.1) is 0 Å². The molecule has 0 aromatic heterocycles. The molecular formula is C18H15Cl2F3N2O3. The molecule has 2 amide bonds. The van der Waals surface area contributed by atoms with Gasteiger partial charge in [-0.25, -0.2) is 0 Å². The maximum Gasteiger partial charge on any atom is 0.573 e. The fourth-order valence-corrected chi connectivity index (χ4v) is 2.53. The van der Waals surface area contributed by atoms with Crippen LogP contribution in [0.5, 0.6) is 5.75 Å². The fraction of sp³-hybridized carbons (Fsp3) is 0.222. The molecule has 0 saturated carbocycles. The van der Waals surface area contributed by atoms with Crippen molar-refractivity contribution in [2.45, 2.75) is 12.9 Å². The fourth-order valence-electron chi connectivity index (χ4n) is 2.23. The lowest BCUT2D eigenvalue weighted by Gasteiger charge is -2.20. The summed E-state index contributed by atoms with van der Waals surface area (Å²) in [5.41, 5.74) is 0.389. The summed E-state index contributed by atoms with van der Waals surface area (Å²) >= 11 is 11.6. The molecule has 0 aliphatic rings. The first-order valence-electron chi connectivity index (χ1n) is 7.87. The lowest BCUT2D eigenvalue weighted by molar-refractivity contribution is -0.275. The molecule has 0 unspecified atom stereocenters. The number of carbonyl (C=O) groups is 2. The van der Waals surface area contributed by atoms with Crippen LogP contribution in [-0.4, -0.2) is 36.7 Å². The van der Waals surface area contributed by atoms with E-state index < -0.39 is 23.9 Å². The summed E-state index contributed by atoms with van der Waals surface area (Å²) in [6.07, 6.45) is -4.84. The molecule has 1 N–H and O–H groups in total. The Morgan fingerprint density at radius 2 is 1.79 bits per heavy atom. The zero-order chi connectivity index (χ0) is 20.9. The summed E-state index contributed by atoms with van der Waals surface area (Å²) in [6, 6.07) is 9.75. The van der Waals surface area contributed by atoms with Crippen molar-refractivity contribution in [3.05, 3.63) is 63.6 Å². The van der Waals surface area contributed by atoms with Gasteiger partial charge in [0.15, 0.2) is 0 Å². The highest BCUT2D eigenvalue weighted by Gasteiger charge is 2.32. The van der Waals surface area contributed by atoms with Gasteiger partial charge >= 0.3 is 6.36 Å². The van der Waals surface area contributed by atoms with E-state index in [1.165, 1.54) is 48.3 Å². The van der Waals surface area contributed by atoms with Crippen LogP contribution in [0.3, 0.4) is 0 Å². The molecular weight excluding hydrogens is 420 g/mol. The summed E-state index contributed by atoms with van der Waals surface area (Å²) in [5.74, 6) is -1.44. The van der Waals surface area contributed by atoms with Crippen LogP contribution >= 0.6 is 23.2 Å². The first-order valence-corrected chi connectivity index (χ1v) is 8.63. The van der Waals surface area contributed by atoms with Crippen molar-refractivity contribution in [3.63, 3.8) is 0 Å². The zero-order valence-corrected chi connectivity index (χ0v) is 16.0. The van der Waals surface area contributed by atoms with E-state index >= 15 is 0 Å². The number of ether oxygens (including phenoxy) is 1. The number of carbonyl (C=O) groups excluding carboxylic acids is 2. The summed E-state index contributed by atoms with van der Waals surface area (Å²) in [6.45, 7) is -0.481. The molecule has 0 spiro atoms. The third-order valence-electron chi connectivity index (χ3n) is 3.61. The van der Waals surface area contributed by atoms with Gasteiger partial charge in [0.05, 0.1) is 16.6 Å². The molecule has 0 radical (unpaired) electrons. The number of hydrogen-bond donors (Lipinski definition) is 1. The molecule has 0 saturated heterocycles. The Labute approximate surface area is 169 Å². The molecule has 28 heavy (non-hydrogen) atoms. The Kier molecular flexibility index (Phi) is 7.15. The minimum absolute atomic E-state index is 0.131. The van der Waals surface area contributed by atoms with Crippen molar-refractivity contribution >= 4 is 35.0 Å². The number of alkyl halides is 3. The van der Waals surface area contributed by atoms with Crippen molar-refractivity contribution in [1.82, 2.24) is 10.2 Å². The predicted octanol–water partition coefficient (Wildman–Crippen LogP) is 4.28. The van der Waals surface area contributed by atoms with Gasteiger partial charge in [0.25, 0.3) is 5.91 Å². The number of likely N-dealkylation sites (N-methyl/N-ethyl adjacent to an activating group) is 1. The molecule has 2 aromatic carbocycles. The van der Waals surface area contributed by atoms with E-state index in [1.54, 1.807) is 0 Å². The molecule has 150 valence electrons. The van der Waals surface area contributed by atoms with Crippen molar-refractivity contribution in [2.24, 2.45) is 0 Å². The lowest BCUT2D eigenvalue weighted by atomic mass is 10.2. The van der Waals surface area contributed by atoms with Crippen LogP contribution in [0.2, 0.25) is 10.0 Å². The number of rotatable bonds is 6. The predicted molar refractivity (Wildman–Crippen MR) is 98.4 cm³/mol. The Hall–Kier alpha value is -2.45. The molecule has 0 heterocycles. The van der Waals surface area contributed by atoms with Crippen LogP contribution in [0.25, 0.3) is 0 Å². The standard InChI is InChI=1S/C18H15Cl2F3N2O3/c1-25(10-12-4-2-3-5-15(12)28-18(21,22)23)16(26)9-24-17(27)11-6-7-13(19)14(20)8-11/h2-8H,9-10H2,1H3,(H,24,27). The second kappa shape index (κ2) is 9.16. The molecule has 0 aliphatic heterocycles. The highest BCUT2D eigenvalue weighted by molar-refractivity contribution is 6.42. The maximum atomic E-state index is 12.5. The van der Waals surface area contributed by atoms with E-state index in [2.05, 4.69) is 10.1 Å². The van der Waals surface area contributed by atoms with E-state index in [0.717, 1.165) is 6.07 Å². The lowest BCUT2D eigenvalue weighted by Crippen LogP contribution is -2.38. The topological polar surface area (TPSA) is 58.6 Å². The third-order valence-corrected chi connectivity index (χ3v) is 4.35. The smallest absolute Gasteiger partial charge is 0.405 e. The normalized spacial score (nSPS) is 11.1. The number of nitrogens with one attached hydrogen (secondary N) is 1. The third kappa shape index (κ3) is 6.31. The molecule has 0 bridgehead atoms. The van der Waals surface area contributed by atoms with Gasteiger partial charge in [-0.2, -0.15) is 0 Å². The first kappa shape index (κ1) is 21.8. The van der Waals surface area contributed by atoms with Crippen LogP contribution < -0.4 is 10.1 Å². The molecule has 10 heteroatoms. The van der Waals surface area contributed by atoms with Crippen LogP contribution in [0.15, 0.2) is 42.5 Å². The minimum atomic E-state index is -4.84. The molecule has 0 aliphatic carbocycles. The number of nitrogens with zero attached hydrogens (tertiary/aromatic N) is 1. The minimum Gasteiger partial charge on any atom is -0.405 e. The monoisotopic (exact) mass is 434 g/mol. The zero-order valence-electron chi connectivity index (χ0n) is 14.5. The molecule has 0 atom stereocenters. The van der Waals surface area contributed by atoms with E-state index in [-0.39, 0.29) is 34.3 Å². The maximum absolute atomic E-state index is 12.5. The first-order chi connectivity index (χ1) is 13.1. The average Bonchev–Trinajstić information content (AvgIpc) is 2.62. The van der Waals surface area contributed by atoms with Gasteiger partial charge in [0, 0.05) is 24.7 Å². The Balaban J connectivity index is 1.96. The van der Waals surface area contributed by atoms with Crippen LogP contribution in [0.1, 0.15) is 15.9 Å². The molecule has 0 fully saturated rings. The van der Waals surface area contributed by atoms with Crippen LogP contribution in [0.4, 0.5) is 13.2 Å². The highest BCUT2D eigenvalue weighted by atomic mass is 35.5. The van der Waals surface area contributed by atoms with Gasteiger partial charge in [-0.3, -0.25) is 9.59 Å². The summed E-state index contributed by atoms with van der Waals surface area (Å²) in [7, 11) is 1.40. The average molecular weight is 435 g/mol. The second-order valence-corrected chi connectivity index (χ2v) is 6.53. The number of amides is 2. The number of para-hydroxylation sites is 1. The van der Waals surface area contributed by atoms with Crippen molar-refractivity contribution < 1.29 is 27.5 Å². The van der Waals surface area contributed by atoms with Gasteiger partial charge in [0.1, 0.15) is 5.75 Å². The number of benzene rings is 2. The summed E-state index contributed by atoms with van der Waals surface area (Å²) in [5, 5.41) is 2.90. The van der Waals surface area contributed by atoms with E-state index in [0.29, 0.717) is 0 Å². The Bertz CT molecular complexity index is 875. The summed E-state index contributed by atoms with van der Waals surface area (Å²) < 4.78 is 41.4. The molecule has 2 aromatic rings. The van der Waals surface area contributed by atoms with Gasteiger partial charge in [-0.1, -0.05) is 41.4 Å². The van der Waals surface area contributed by atoms with Gasteiger partial charge < -0.3 is 15.0 Å². The largest absolute Gasteiger partial charge is 0.573 e. The van der Waals surface area contributed by atoms with Gasteiger partial charge in [-0.15, -0.1) is 13.2 Å². The SMILES string of the molecule is CN(Cc1ccccc1OC(F)(F)F)C(=O)CNC(=O)c1ccc(Cl)c(Cl)c1. The van der Waals surface area contributed by atoms with Crippen molar-refractivity contribution in [3.8, 4) is 5.75 Å². The Morgan fingerprint density at radius 3 is 2.43 bits per heavy atom. The Morgan fingerprint density at radius 1 is 1.11 bits per heavy atom. The van der Waals surface area contributed by atoms with Crippen molar-refractivity contribution in [1.29, 1.82) is 0 Å². The van der Waals surface area contributed by atoms with Gasteiger partial charge in [0.2, 0.25) is 5.91 Å². The summed E-state index contributed by atoms with van der Waals surface area (Å²) in [4.78, 5) is 25.5. The second-order valence-electron chi connectivity index (χ2n) is 5.72. The van der Waals surface area contributed by atoms with E-state index in [1.807, 2.05) is 0 Å². The highest BCUT2D eigenvalue weighted by Crippen LogP contribution is 2.27. The van der Waals surface area contributed by atoms with Gasteiger partial charge in [-0.05, 0) is 24.3 Å². The van der Waals surface area contributed by atoms with Crippen LogP contribution in [-0.2, 0) is 11.3 Å². The van der Waals surface area contributed by atoms with Crippen molar-refractivity contribution in [2.75, 3.05) is 13.6 Å². The van der Waals surface area contributed by atoms with E-state index in [9.17, 15) is 22.8 Å². The quantitative estimate of drug-likeness (QED) is 0.737. The molecule has 2 rings (SSSR count). The number of hydrogen-bond acceptors (Lipinski definition) is 3.